The summed E-state index contributed by atoms with van der Waals surface area (Å²) >= 11 is 6.25. The van der Waals surface area contributed by atoms with Crippen LogP contribution in [0.3, 0.4) is 0 Å². The molecule has 0 aromatic carbocycles. The van der Waals surface area contributed by atoms with E-state index in [1.54, 1.807) is 0 Å². The molecule has 0 saturated carbocycles. The van der Waals surface area contributed by atoms with Crippen LogP contribution >= 0.6 is 11.6 Å². The van der Waals surface area contributed by atoms with Crippen LogP contribution in [-0.2, 0) is 18.9 Å². The summed E-state index contributed by atoms with van der Waals surface area (Å²) in [6, 6.07) is 1.92. The number of ether oxygens (including phenoxy) is 4. The van der Waals surface area contributed by atoms with Crippen LogP contribution in [0.5, 0.6) is 0 Å². The highest BCUT2D eigenvalue weighted by Gasteiger charge is 2.56. The van der Waals surface area contributed by atoms with Crippen molar-refractivity contribution in [1.29, 1.82) is 0 Å². The van der Waals surface area contributed by atoms with E-state index < -0.39 is 17.6 Å². The summed E-state index contributed by atoms with van der Waals surface area (Å²) < 4.78 is 26.4. The van der Waals surface area contributed by atoms with Crippen molar-refractivity contribution in [3.63, 3.8) is 0 Å². The van der Waals surface area contributed by atoms with Gasteiger partial charge < -0.3 is 28.8 Å². The summed E-state index contributed by atoms with van der Waals surface area (Å²) in [5, 5.41) is 4.14. The Hall–Kier alpha value is -1.98. The number of fused-ring (bicyclic) bond motifs is 2. The molecule has 0 aliphatic carbocycles. The molecule has 5 heterocycles. The molecule has 3 aliphatic heterocycles. The van der Waals surface area contributed by atoms with Crippen LogP contribution in [0.15, 0.2) is 18.6 Å². The second-order valence-electron chi connectivity index (χ2n) is 10.6. The fraction of sp³-hybridized carbons (Fsp3) is 0.696. The van der Waals surface area contributed by atoms with Gasteiger partial charge in [0, 0.05) is 31.9 Å². The first-order valence-electron chi connectivity index (χ1n) is 11.7. The average molecular weight is 494 g/mol. The predicted octanol–water partition coefficient (Wildman–Crippen LogP) is 3.10. The van der Waals surface area contributed by atoms with Crippen molar-refractivity contribution in [1.82, 2.24) is 24.8 Å². The van der Waals surface area contributed by atoms with Gasteiger partial charge in [-0.15, -0.1) is 0 Å². The fourth-order valence-electron chi connectivity index (χ4n) is 5.02. The van der Waals surface area contributed by atoms with E-state index in [1.165, 1.54) is 6.33 Å². The third-order valence-corrected chi connectivity index (χ3v) is 6.59. The highest BCUT2D eigenvalue weighted by atomic mass is 35.5. The number of halogens is 1. The van der Waals surface area contributed by atoms with E-state index in [2.05, 4.69) is 20.2 Å². The molecule has 5 atom stereocenters. The maximum Gasteiger partial charge on any atom is 0.407 e. The van der Waals surface area contributed by atoms with Crippen molar-refractivity contribution in [3.8, 4) is 0 Å². The molecule has 5 rings (SSSR count). The molecular formula is C23H32ClN5O5. The van der Waals surface area contributed by atoms with Crippen LogP contribution in [-0.4, -0.2) is 80.9 Å². The first-order chi connectivity index (χ1) is 16.0. The van der Waals surface area contributed by atoms with E-state index in [1.807, 2.05) is 51.4 Å². The second-order valence-corrected chi connectivity index (χ2v) is 11.0. The van der Waals surface area contributed by atoms with Crippen LogP contribution in [0, 0.1) is 0 Å². The van der Waals surface area contributed by atoms with E-state index in [4.69, 9.17) is 30.5 Å². The first-order valence-corrected chi connectivity index (χ1v) is 12.1. The molecule has 1 unspecified atom stereocenters. The van der Waals surface area contributed by atoms with E-state index in [0.717, 1.165) is 24.9 Å². The molecule has 0 spiro atoms. The summed E-state index contributed by atoms with van der Waals surface area (Å²) in [6.45, 7) is 11.7. The fourth-order valence-corrected chi connectivity index (χ4v) is 5.21. The third kappa shape index (κ3) is 4.74. The topological polar surface area (TPSA) is 100.0 Å². The number of carbonyl (C=O) groups is 1. The molecule has 3 saturated heterocycles. The van der Waals surface area contributed by atoms with Crippen molar-refractivity contribution in [2.24, 2.45) is 0 Å². The summed E-state index contributed by atoms with van der Waals surface area (Å²) in [6.07, 6.45) is 2.69. The minimum atomic E-state index is -0.711. The van der Waals surface area contributed by atoms with Gasteiger partial charge in [-0.1, -0.05) is 11.6 Å². The Bertz CT molecular complexity index is 1070. The first kappa shape index (κ1) is 23.7. The molecule has 0 radical (unpaired) electrons. The maximum absolute atomic E-state index is 12.2. The molecule has 34 heavy (non-hydrogen) atoms. The second kappa shape index (κ2) is 8.60. The van der Waals surface area contributed by atoms with Crippen LogP contribution < -0.4 is 5.32 Å². The monoisotopic (exact) mass is 493 g/mol. The van der Waals surface area contributed by atoms with Crippen LogP contribution in [0.2, 0.25) is 5.15 Å². The quantitative estimate of drug-likeness (QED) is 0.648. The Balaban J connectivity index is 1.28. The molecule has 11 heteroatoms. The van der Waals surface area contributed by atoms with Gasteiger partial charge in [-0.05, 0) is 47.1 Å². The van der Waals surface area contributed by atoms with E-state index in [9.17, 15) is 4.79 Å². The van der Waals surface area contributed by atoms with Crippen molar-refractivity contribution < 1.29 is 23.7 Å². The largest absolute Gasteiger partial charge is 0.444 e. The summed E-state index contributed by atoms with van der Waals surface area (Å²) in [5.74, 6) is -0.711. The lowest BCUT2D eigenvalue weighted by atomic mass is 10.1. The Morgan fingerprint density at radius 2 is 2.06 bits per heavy atom. The number of rotatable bonds is 4. The summed E-state index contributed by atoms with van der Waals surface area (Å²) in [5.41, 5.74) is 0.176. The van der Waals surface area contributed by atoms with Gasteiger partial charge in [0.2, 0.25) is 0 Å². The van der Waals surface area contributed by atoms with E-state index in [-0.39, 0.29) is 30.4 Å². The van der Waals surface area contributed by atoms with Gasteiger partial charge in [-0.25, -0.2) is 14.8 Å². The van der Waals surface area contributed by atoms with Crippen molar-refractivity contribution in [2.45, 2.75) is 83.0 Å². The smallest absolute Gasteiger partial charge is 0.407 e. The maximum atomic E-state index is 12.2. The van der Waals surface area contributed by atoms with E-state index >= 15 is 0 Å². The highest BCUT2D eigenvalue weighted by molar-refractivity contribution is 6.33. The highest BCUT2D eigenvalue weighted by Crippen LogP contribution is 2.44. The Labute approximate surface area is 203 Å². The number of nitrogens with zero attached hydrogens (tertiary/aromatic N) is 4. The van der Waals surface area contributed by atoms with Crippen LogP contribution in [0.4, 0.5) is 4.79 Å². The van der Waals surface area contributed by atoms with Gasteiger partial charge >= 0.3 is 6.09 Å². The third-order valence-electron chi connectivity index (χ3n) is 6.29. The van der Waals surface area contributed by atoms with Crippen LogP contribution in [0.1, 0.15) is 47.3 Å². The van der Waals surface area contributed by atoms with Gasteiger partial charge in [-0.2, -0.15) is 0 Å². The molecule has 2 aromatic rings. The lowest BCUT2D eigenvalue weighted by molar-refractivity contribution is -0.197. The molecular weight excluding hydrogens is 462 g/mol. The zero-order chi connectivity index (χ0) is 24.3. The van der Waals surface area contributed by atoms with Gasteiger partial charge in [0.25, 0.3) is 0 Å². The Morgan fingerprint density at radius 1 is 1.29 bits per heavy atom. The summed E-state index contributed by atoms with van der Waals surface area (Å²) in [7, 11) is 0. The number of nitrogens with one attached hydrogen (secondary N) is 1. The molecule has 3 aliphatic rings. The average Bonchev–Trinajstić information content (AvgIpc) is 3.45. The molecule has 186 valence electrons. The predicted molar refractivity (Wildman–Crippen MR) is 124 cm³/mol. The Kier molecular flexibility index (Phi) is 6.01. The minimum Gasteiger partial charge on any atom is -0.444 e. The van der Waals surface area contributed by atoms with Crippen molar-refractivity contribution in [2.75, 3.05) is 19.6 Å². The Morgan fingerprint density at radius 3 is 2.82 bits per heavy atom. The van der Waals surface area contributed by atoms with Gasteiger partial charge in [0.1, 0.15) is 41.0 Å². The minimum absolute atomic E-state index is 0.0345. The molecule has 1 amide bonds. The lowest BCUT2D eigenvalue weighted by Crippen LogP contribution is -2.43. The summed E-state index contributed by atoms with van der Waals surface area (Å²) in [4.78, 5) is 22.9. The molecule has 3 fully saturated rings. The zero-order valence-corrected chi connectivity index (χ0v) is 20.9. The lowest BCUT2D eigenvalue weighted by Gasteiger charge is -2.27. The number of amides is 1. The van der Waals surface area contributed by atoms with Gasteiger partial charge in [-0.3, -0.25) is 4.90 Å². The van der Waals surface area contributed by atoms with Crippen molar-refractivity contribution in [3.05, 3.63) is 23.7 Å². The van der Waals surface area contributed by atoms with E-state index in [0.29, 0.717) is 17.3 Å². The van der Waals surface area contributed by atoms with Crippen LogP contribution in [0.25, 0.3) is 11.0 Å². The number of hydrogen-bond acceptors (Lipinski definition) is 8. The normalized spacial score (nSPS) is 31.2. The number of likely N-dealkylation sites (tertiary alicyclic amines) is 1. The number of aromatic nitrogens is 3. The number of hydrogen-bond donors (Lipinski definition) is 1. The number of alkyl carbamates (subject to hydrolysis) is 1. The SMILES string of the molecule is CC(C)(C)OC(=O)NC1CCN(C[C@H]2O[C@@H](n3ccc4c(Cl)ncnc43)[C@@H]3OC(C)(C)O[C@@H]32)C1. The molecule has 0 bridgehead atoms. The zero-order valence-electron chi connectivity index (χ0n) is 20.2. The molecule has 10 nitrogen and oxygen atoms in total. The van der Waals surface area contributed by atoms with Gasteiger partial charge in [0.15, 0.2) is 12.0 Å². The standard InChI is InChI=1S/C23H32ClN5O5/c1-22(2,3)34-21(30)27-13-6-8-28(10-13)11-15-16-17(33-23(4,5)32-16)20(31-15)29-9-7-14-18(24)25-12-26-19(14)29/h7,9,12-13,15-17,20H,6,8,10-11H2,1-5H3,(H,27,30)/t13?,15-,16-,17-,20-/m1/s1. The van der Waals surface area contributed by atoms with Crippen molar-refractivity contribution >= 4 is 28.7 Å². The van der Waals surface area contributed by atoms with Gasteiger partial charge in [0.05, 0.1) is 5.39 Å². The number of carbonyl (C=O) groups excluding carboxylic acids is 1. The molecule has 1 N–H and O–H groups in total. The molecule has 2 aromatic heterocycles.